The summed E-state index contributed by atoms with van der Waals surface area (Å²) in [6.07, 6.45) is 3.72. The van der Waals surface area contributed by atoms with E-state index in [1.54, 1.807) is 0 Å². The first-order chi connectivity index (χ1) is 8.28. The Hall–Kier alpha value is -0.940. The molecule has 1 atom stereocenters. The Morgan fingerprint density at radius 1 is 1.53 bits per heavy atom. The van der Waals surface area contributed by atoms with Crippen LogP contribution in [0.5, 0.6) is 0 Å². The zero-order valence-corrected chi connectivity index (χ0v) is 10.8. The molecule has 5 heteroatoms. The highest BCUT2D eigenvalue weighted by Gasteiger charge is 2.20. The minimum Gasteiger partial charge on any atom is -0.338 e. The summed E-state index contributed by atoms with van der Waals surface area (Å²) >= 11 is 0. The summed E-state index contributed by atoms with van der Waals surface area (Å²) < 4.78 is 5.16. The van der Waals surface area contributed by atoms with Crippen LogP contribution >= 0.6 is 0 Å². The lowest BCUT2D eigenvalue weighted by molar-refractivity contribution is 0.164. The number of nitrogens with zero attached hydrogens (tertiary/aromatic N) is 3. The first-order valence-electron chi connectivity index (χ1n) is 6.53. The SMILES string of the molecule is CCCNC1CCCN(Cc2nc(C)no2)C1. The Labute approximate surface area is 103 Å². The van der Waals surface area contributed by atoms with Gasteiger partial charge in [0.1, 0.15) is 0 Å². The molecule has 1 aliphatic heterocycles. The molecule has 96 valence electrons. The Morgan fingerprint density at radius 2 is 2.41 bits per heavy atom. The molecule has 2 rings (SSSR count). The maximum atomic E-state index is 5.16. The summed E-state index contributed by atoms with van der Waals surface area (Å²) in [5.74, 6) is 1.45. The first-order valence-corrected chi connectivity index (χ1v) is 6.53. The first kappa shape index (κ1) is 12.5. The van der Waals surface area contributed by atoms with Crippen LogP contribution in [0.25, 0.3) is 0 Å². The third kappa shape index (κ3) is 3.78. The van der Waals surface area contributed by atoms with Crippen molar-refractivity contribution in [2.45, 2.75) is 45.7 Å². The number of rotatable bonds is 5. The molecule has 0 spiro atoms. The Bertz CT molecular complexity index is 339. The van der Waals surface area contributed by atoms with Crippen LogP contribution < -0.4 is 5.32 Å². The highest BCUT2D eigenvalue weighted by atomic mass is 16.5. The van der Waals surface area contributed by atoms with E-state index in [1.165, 1.54) is 19.3 Å². The van der Waals surface area contributed by atoms with Gasteiger partial charge in [-0.25, -0.2) is 0 Å². The average molecular weight is 238 g/mol. The molecular formula is C12H22N4O. The fourth-order valence-corrected chi connectivity index (χ4v) is 2.31. The van der Waals surface area contributed by atoms with Crippen LogP contribution in [0.2, 0.25) is 0 Å². The van der Waals surface area contributed by atoms with Crippen LogP contribution in [0.3, 0.4) is 0 Å². The molecule has 0 aromatic carbocycles. The largest absolute Gasteiger partial charge is 0.338 e. The van der Waals surface area contributed by atoms with Gasteiger partial charge in [0.15, 0.2) is 5.82 Å². The number of piperidine rings is 1. The van der Waals surface area contributed by atoms with Gasteiger partial charge in [0.25, 0.3) is 0 Å². The van der Waals surface area contributed by atoms with Gasteiger partial charge in [-0.15, -0.1) is 0 Å². The van der Waals surface area contributed by atoms with Crippen molar-refractivity contribution in [2.24, 2.45) is 0 Å². The van der Waals surface area contributed by atoms with E-state index >= 15 is 0 Å². The van der Waals surface area contributed by atoms with Crippen molar-refractivity contribution < 1.29 is 4.52 Å². The molecule has 1 aromatic heterocycles. The molecular weight excluding hydrogens is 216 g/mol. The average Bonchev–Trinajstić information content (AvgIpc) is 2.73. The normalized spacial score (nSPS) is 21.9. The van der Waals surface area contributed by atoms with Crippen molar-refractivity contribution >= 4 is 0 Å². The van der Waals surface area contributed by atoms with Crippen LogP contribution in [0.4, 0.5) is 0 Å². The van der Waals surface area contributed by atoms with Gasteiger partial charge in [0.2, 0.25) is 5.89 Å². The lowest BCUT2D eigenvalue weighted by atomic mass is 10.1. The molecule has 0 amide bonds. The number of hydrogen-bond donors (Lipinski definition) is 1. The predicted octanol–water partition coefficient (Wildman–Crippen LogP) is 1.34. The Balaban J connectivity index is 1.80. The summed E-state index contributed by atoms with van der Waals surface area (Å²) in [5.41, 5.74) is 0. The number of likely N-dealkylation sites (tertiary alicyclic amines) is 1. The van der Waals surface area contributed by atoms with Crippen LogP contribution in [-0.2, 0) is 6.54 Å². The second-order valence-electron chi connectivity index (χ2n) is 4.76. The topological polar surface area (TPSA) is 54.2 Å². The molecule has 0 aliphatic carbocycles. The number of aryl methyl sites for hydroxylation is 1. The lowest BCUT2D eigenvalue weighted by Gasteiger charge is -2.32. The maximum absolute atomic E-state index is 5.16. The second-order valence-corrected chi connectivity index (χ2v) is 4.76. The van der Waals surface area contributed by atoms with Gasteiger partial charge >= 0.3 is 0 Å². The van der Waals surface area contributed by atoms with Gasteiger partial charge < -0.3 is 9.84 Å². The molecule has 0 radical (unpaired) electrons. The van der Waals surface area contributed by atoms with E-state index in [0.29, 0.717) is 6.04 Å². The van der Waals surface area contributed by atoms with E-state index in [9.17, 15) is 0 Å². The minimum atomic E-state index is 0.618. The molecule has 1 N–H and O–H groups in total. The smallest absolute Gasteiger partial charge is 0.240 e. The Kier molecular flexibility index (Phi) is 4.50. The standard InChI is InChI=1S/C12H22N4O/c1-3-6-13-11-5-4-7-16(8-11)9-12-14-10(2)15-17-12/h11,13H,3-9H2,1-2H3. The molecule has 1 aromatic rings. The summed E-state index contributed by atoms with van der Waals surface area (Å²) in [4.78, 5) is 6.64. The van der Waals surface area contributed by atoms with Gasteiger partial charge in [-0.1, -0.05) is 12.1 Å². The molecule has 2 heterocycles. The highest BCUT2D eigenvalue weighted by Crippen LogP contribution is 2.12. The Morgan fingerprint density at radius 3 is 3.12 bits per heavy atom. The fourth-order valence-electron chi connectivity index (χ4n) is 2.31. The molecule has 0 saturated carbocycles. The van der Waals surface area contributed by atoms with Gasteiger partial charge in [-0.05, 0) is 39.3 Å². The number of hydrogen-bond acceptors (Lipinski definition) is 5. The molecule has 5 nitrogen and oxygen atoms in total. The highest BCUT2D eigenvalue weighted by molar-refractivity contribution is 4.85. The molecule has 17 heavy (non-hydrogen) atoms. The molecule has 1 saturated heterocycles. The van der Waals surface area contributed by atoms with Crippen molar-refractivity contribution in [3.05, 3.63) is 11.7 Å². The molecule has 1 aliphatic rings. The zero-order valence-electron chi connectivity index (χ0n) is 10.8. The van der Waals surface area contributed by atoms with Crippen molar-refractivity contribution in [3.8, 4) is 0 Å². The zero-order chi connectivity index (χ0) is 12.1. The van der Waals surface area contributed by atoms with Gasteiger partial charge in [-0.2, -0.15) is 4.98 Å². The van der Waals surface area contributed by atoms with Gasteiger partial charge in [-0.3, -0.25) is 4.90 Å². The van der Waals surface area contributed by atoms with Crippen molar-refractivity contribution in [2.75, 3.05) is 19.6 Å². The van der Waals surface area contributed by atoms with E-state index in [4.69, 9.17) is 4.52 Å². The second kappa shape index (κ2) is 6.12. The van der Waals surface area contributed by atoms with E-state index < -0.39 is 0 Å². The van der Waals surface area contributed by atoms with Gasteiger partial charge in [0.05, 0.1) is 6.54 Å². The third-order valence-corrected chi connectivity index (χ3v) is 3.12. The van der Waals surface area contributed by atoms with E-state index in [2.05, 4.69) is 27.3 Å². The molecule has 1 unspecified atom stereocenters. The molecule has 1 fully saturated rings. The minimum absolute atomic E-state index is 0.618. The summed E-state index contributed by atoms with van der Waals surface area (Å²) in [5, 5.41) is 7.41. The summed E-state index contributed by atoms with van der Waals surface area (Å²) in [6, 6.07) is 0.618. The van der Waals surface area contributed by atoms with Crippen LogP contribution in [0.1, 0.15) is 37.9 Å². The van der Waals surface area contributed by atoms with E-state index in [1.807, 2.05) is 6.92 Å². The van der Waals surface area contributed by atoms with E-state index in [-0.39, 0.29) is 0 Å². The third-order valence-electron chi connectivity index (χ3n) is 3.12. The quantitative estimate of drug-likeness (QED) is 0.839. The monoisotopic (exact) mass is 238 g/mol. The maximum Gasteiger partial charge on any atom is 0.240 e. The predicted molar refractivity (Wildman–Crippen MR) is 65.6 cm³/mol. The number of nitrogens with one attached hydrogen (secondary N) is 1. The lowest BCUT2D eigenvalue weighted by Crippen LogP contribution is -2.45. The van der Waals surface area contributed by atoms with Crippen molar-refractivity contribution in [3.63, 3.8) is 0 Å². The van der Waals surface area contributed by atoms with Crippen LogP contribution in [0, 0.1) is 6.92 Å². The number of aromatic nitrogens is 2. The van der Waals surface area contributed by atoms with Crippen LogP contribution in [0.15, 0.2) is 4.52 Å². The van der Waals surface area contributed by atoms with Gasteiger partial charge in [0, 0.05) is 12.6 Å². The summed E-state index contributed by atoms with van der Waals surface area (Å²) in [7, 11) is 0. The molecule has 0 bridgehead atoms. The van der Waals surface area contributed by atoms with E-state index in [0.717, 1.165) is 37.9 Å². The van der Waals surface area contributed by atoms with Crippen molar-refractivity contribution in [1.29, 1.82) is 0 Å². The van der Waals surface area contributed by atoms with Crippen molar-refractivity contribution in [1.82, 2.24) is 20.4 Å². The van der Waals surface area contributed by atoms with Crippen LogP contribution in [-0.4, -0.2) is 40.7 Å². The summed E-state index contributed by atoms with van der Waals surface area (Å²) in [6.45, 7) is 8.17. The fraction of sp³-hybridized carbons (Fsp3) is 0.833.